The van der Waals surface area contributed by atoms with Gasteiger partial charge in [0.25, 0.3) is 5.91 Å². The lowest BCUT2D eigenvalue weighted by atomic mass is 10.0. The SMILES string of the molecule is Cc1ccc(C(=O)N(CC#N)CC#N)cc1C#CCN. The lowest BCUT2D eigenvalue weighted by Crippen LogP contribution is -2.31. The Morgan fingerprint density at radius 1 is 1.30 bits per heavy atom. The van der Waals surface area contributed by atoms with Crippen LogP contribution in [0.25, 0.3) is 0 Å². The number of nitrogens with two attached hydrogens (primary N) is 1. The van der Waals surface area contributed by atoms with Crippen LogP contribution in [0.3, 0.4) is 0 Å². The Hall–Kier alpha value is -2.81. The molecule has 0 fully saturated rings. The molecule has 0 heterocycles. The van der Waals surface area contributed by atoms with Gasteiger partial charge < -0.3 is 10.6 Å². The zero-order valence-electron chi connectivity index (χ0n) is 11.2. The summed E-state index contributed by atoms with van der Waals surface area (Å²) in [4.78, 5) is 13.4. The first-order chi connectivity index (χ1) is 9.63. The average Bonchev–Trinajstić information content (AvgIpc) is 2.45. The van der Waals surface area contributed by atoms with Crippen molar-refractivity contribution in [3.05, 3.63) is 34.9 Å². The van der Waals surface area contributed by atoms with E-state index >= 15 is 0 Å². The molecule has 0 aliphatic carbocycles. The van der Waals surface area contributed by atoms with Crippen LogP contribution in [-0.2, 0) is 0 Å². The zero-order chi connectivity index (χ0) is 15.0. The number of amides is 1. The van der Waals surface area contributed by atoms with Crippen LogP contribution in [0.5, 0.6) is 0 Å². The van der Waals surface area contributed by atoms with Gasteiger partial charge in [-0.3, -0.25) is 4.79 Å². The van der Waals surface area contributed by atoms with Crippen molar-refractivity contribution in [2.75, 3.05) is 19.6 Å². The van der Waals surface area contributed by atoms with Crippen molar-refractivity contribution < 1.29 is 4.79 Å². The third-order valence-electron chi connectivity index (χ3n) is 2.62. The molecule has 5 nitrogen and oxygen atoms in total. The Bertz CT molecular complexity index is 625. The minimum Gasteiger partial charge on any atom is -0.320 e. The summed E-state index contributed by atoms with van der Waals surface area (Å²) in [7, 11) is 0. The number of benzene rings is 1. The van der Waals surface area contributed by atoms with Crippen molar-refractivity contribution in [2.24, 2.45) is 5.73 Å². The van der Waals surface area contributed by atoms with Gasteiger partial charge in [0.05, 0.1) is 18.7 Å². The number of hydrogen-bond donors (Lipinski definition) is 1. The predicted molar refractivity (Wildman–Crippen MR) is 74.2 cm³/mol. The van der Waals surface area contributed by atoms with Crippen molar-refractivity contribution in [1.29, 1.82) is 10.5 Å². The maximum atomic E-state index is 12.2. The molecular weight excluding hydrogens is 252 g/mol. The second kappa shape index (κ2) is 7.59. The van der Waals surface area contributed by atoms with E-state index in [1.807, 2.05) is 19.1 Å². The molecular formula is C15H14N4O. The molecule has 1 aromatic rings. The molecule has 20 heavy (non-hydrogen) atoms. The van der Waals surface area contributed by atoms with Gasteiger partial charge >= 0.3 is 0 Å². The Labute approximate surface area is 118 Å². The highest BCUT2D eigenvalue weighted by atomic mass is 16.2. The van der Waals surface area contributed by atoms with Gasteiger partial charge in [-0.25, -0.2) is 0 Å². The fourth-order valence-corrected chi connectivity index (χ4v) is 1.59. The third kappa shape index (κ3) is 3.85. The lowest BCUT2D eigenvalue weighted by molar-refractivity contribution is 0.0794. The molecule has 0 radical (unpaired) electrons. The number of aryl methyl sites for hydroxylation is 1. The van der Waals surface area contributed by atoms with Gasteiger partial charge in [-0.1, -0.05) is 17.9 Å². The van der Waals surface area contributed by atoms with E-state index in [0.717, 1.165) is 11.1 Å². The van der Waals surface area contributed by atoms with E-state index in [9.17, 15) is 4.79 Å². The van der Waals surface area contributed by atoms with Gasteiger partial charge in [-0.15, -0.1) is 0 Å². The van der Waals surface area contributed by atoms with E-state index in [2.05, 4.69) is 11.8 Å². The second-order valence-corrected chi connectivity index (χ2v) is 4.01. The van der Waals surface area contributed by atoms with Crippen LogP contribution in [-0.4, -0.2) is 30.4 Å². The Morgan fingerprint density at radius 3 is 2.50 bits per heavy atom. The predicted octanol–water partition coefficient (Wildman–Crippen LogP) is 0.795. The fraction of sp³-hybridized carbons (Fsp3) is 0.267. The smallest absolute Gasteiger partial charge is 0.255 e. The summed E-state index contributed by atoms with van der Waals surface area (Å²) in [5.74, 6) is 5.28. The van der Waals surface area contributed by atoms with Crippen molar-refractivity contribution in [1.82, 2.24) is 4.90 Å². The number of carbonyl (C=O) groups is 1. The van der Waals surface area contributed by atoms with E-state index in [1.165, 1.54) is 4.90 Å². The standard InChI is InChI=1S/C15H14N4O/c1-12-4-5-14(11-13(12)3-2-6-16)15(20)19(9-7-17)10-8-18/h4-5,11H,6,9-10,16H2,1H3. The molecule has 0 bridgehead atoms. The first kappa shape index (κ1) is 15.2. The Kier molecular flexibility index (Phi) is 5.78. The molecule has 1 rings (SSSR count). The number of nitriles is 2. The highest BCUT2D eigenvalue weighted by Gasteiger charge is 2.15. The summed E-state index contributed by atoms with van der Waals surface area (Å²) in [5.41, 5.74) is 7.39. The van der Waals surface area contributed by atoms with Crippen LogP contribution >= 0.6 is 0 Å². The molecule has 2 N–H and O–H groups in total. The molecule has 0 aromatic heterocycles. The Morgan fingerprint density at radius 2 is 1.95 bits per heavy atom. The molecule has 0 atom stereocenters. The van der Waals surface area contributed by atoms with Gasteiger partial charge in [0, 0.05) is 11.1 Å². The summed E-state index contributed by atoms with van der Waals surface area (Å²) in [6.45, 7) is 1.89. The van der Waals surface area contributed by atoms with E-state index in [-0.39, 0.29) is 25.5 Å². The first-order valence-electron chi connectivity index (χ1n) is 5.96. The lowest BCUT2D eigenvalue weighted by Gasteiger charge is -2.16. The largest absolute Gasteiger partial charge is 0.320 e. The van der Waals surface area contributed by atoms with Crippen LogP contribution in [0.2, 0.25) is 0 Å². The number of hydrogen-bond acceptors (Lipinski definition) is 4. The van der Waals surface area contributed by atoms with E-state index < -0.39 is 0 Å². The Balaban J connectivity index is 3.10. The van der Waals surface area contributed by atoms with Gasteiger partial charge in [0.2, 0.25) is 0 Å². The maximum absolute atomic E-state index is 12.2. The van der Waals surface area contributed by atoms with Gasteiger partial charge in [0.1, 0.15) is 13.1 Å². The summed E-state index contributed by atoms with van der Waals surface area (Å²) in [5, 5.41) is 17.4. The van der Waals surface area contributed by atoms with Crippen molar-refractivity contribution in [3.8, 4) is 24.0 Å². The zero-order valence-corrected chi connectivity index (χ0v) is 11.2. The molecule has 1 aromatic carbocycles. The van der Waals surface area contributed by atoms with Crippen LogP contribution in [0.15, 0.2) is 18.2 Å². The van der Waals surface area contributed by atoms with E-state index in [0.29, 0.717) is 5.56 Å². The van der Waals surface area contributed by atoms with E-state index in [4.69, 9.17) is 16.3 Å². The highest BCUT2D eigenvalue weighted by Crippen LogP contribution is 2.12. The number of carbonyl (C=O) groups excluding carboxylic acids is 1. The molecule has 0 unspecified atom stereocenters. The topological polar surface area (TPSA) is 93.9 Å². The van der Waals surface area contributed by atoms with Crippen molar-refractivity contribution in [3.63, 3.8) is 0 Å². The minimum absolute atomic E-state index is 0.121. The van der Waals surface area contributed by atoms with E-state index in [1.54, 1.807) is 18.2 Å². The van der Waals surface area contributed by atoms with Crippen LogP contribution in [0.4, 0.5) is 0 Å². The summed E-state index contributed by atoms with van der Waals surface area (Å²) >= 11 is 0. The van der Waals surface area contributed by atoms with Gasteiger partial charge in [-0.05, 0) is 24.6 Å². The van der Waals surface area contributed by atoms with Gasteiger partial charge in [-0.2, -0.15) is 10.5 Å². The maximum Gasteiger partial charge on any atom is 0.255 e. The number of rotatable bonds is 3. The normalized spacial score (nSPS) is 8.80. The quantitative estimate of drug-likeness (QED) is 0.646. The van der Waals surface area contributed by atoms with Crippen molar-refractivity contribution in [2.45, 2.75) is 6.92 Å². The molecule has 1 amide bonds. The molecule has 0 spiro atoms. The average molecular weight is 266 g/mol. The molecule has 0 saturated carbocycles. The third-order valence-corrected chi connectivity index (χ3v) is 2.62. The molecule has 0 saturated heterocycles. The minimum atomic E-state index is -0.358. The molecule has 0 aliphatic rings. The summed E-state index contributed by atoms with van der Waals surface area (Å²) < 4.78 is 0. The number of nitrogens with zero attached hydrogens (tertiary/aromatic N) is 3. The monoisotopic (exact) mass is 266 g/mol. The second-order valence-electron chi connectivity index (χ2n) is 4.01. The molecule has 100 valence electrons. The molecule has 0 aliphatic heterocycles. The van der Waals surface area contributed by atoms with Crippen LogP contribution in [0, 0.1) is 41.4 Å². The van der Waals surface area contributed by atoms with Gasteiger partial charge in [0.15, 0.2) is 0 Å². The fourth-order valence-electron chi connectivity index (χ4n) is 1.59. The highest BCUT2D eigenvalue weighted by molar-refractivity contribution is 5.95. The van der Waals surface area contributed by atoms with Crippen LogP contribution in [0.1, 0.15) is 21.5 Å². The van der Waals surface area contributed by atoms with Crippen molar-refractivity contribution >= 4 is 5.91 Å². The van der Waals surface area contributed by atoms with Crippen LogP contribution < -0.4 is 5.73 Å². The summed E-state index contributed by atoms with van der Waals surface area (Å²) in [6.07, 6.45) is 0. The molecule has 5 heteroatoms. The first-order valence-corrected chi connectivity index (χ1v) is 5.96. The summed E-state index contributed by atoms with van der Waals surface area (Å²) in [6, 6.07) is 8.84.